The monoisotopic (exact) mass is 667 g/mol. The smallest absolute Gasteiger partial charge is 0.136 e. The largest absolute Gasteiger partial charge is 0.456 e. The Labute approximate surface area is 308 Å². The molecule has 0 radical (unpaired) electrons. The topological polar surface area (TPSA) is 16.4 Å². The first-order chi connectivity index (χ1) is 27.5. The van der Waals surface area contributed by atoms with Gasteiger partial charge in [0.15, 0.2) is 0 Å². The number of rotatable bonds is 6. The molecule has 0 aliphatic heterocycles. The fraction of sp³-hybridized carbons (Fsp3) is 0. The summed E-state index contributed by atoms with van der Waals surface area (Å²) >= 11 is 0. The highest BCUT2D eigenvalue weighted by molar-refractivity contribution is 6.12. The summed E-state index contributed by atoms with van der Waals surface area (Å²) in [6, 6.07) is 58.1. The van der Waals surface area contributed by atoms with E-state index >= 15 is 0 Å². The number of benzene rings is 9. The highest BCUT2D eigenvalue weighted by atomic mass is 16.3. The van der Waals surface area contributed by atoms with Crippen molar-refractivity contribution < 1.29 is 9.90 Å². The zero-order valence-electron chi connectivity index (χ0n) is 32.1. The van der Waals surface area contributed by atoms with Crippen molar-refractivity contribution in [2.24, 2.45) is 0 Å². The third kappa shape index (κ3) is 5.12. The van der Waals surface area contributed by atoms with E-state index in [9.17, 15) is 5.48 Å². The van der Waals surface area contributed by atoms with E-state index in [4.69, 9.17) is 4.42 Å². The Morgan fingerprint density at radius 1 is 0.365 bits per heavy atom. The minimum Gasteiger partial charge on any atom is -0.456 e. The van der Waals surface area contributed by atoms with Gasteiger partial charge in [-0.25, -0.2) is 0 Å². The van der Waals surface area contributed by atoms with Crippen LogP contribution in [-0.2, 0) is 0 Å². The third-order valence-corrected chi connectivity index (χ3v) is 9.96. The molecule has 244 valence electrons. The van der Waals surface area contributed by atoms with Crippen LogP contribution in [0.2, 0.25) is 0 Å². The molecule has 9 aromatic carbocycles. The molecule has 10 rings (SSSR count). The van der Waals surface area contributed by atoms with Gasteiger partial charge in [-0.15, -0.1) is 0 Å². The molecule has 2 heteroatoms. The van der Waals surface area contributed by atoms with Crippen molar-refractivity contribution >= 4 is 60.5 Å². The number of fused-ring (bicyclic) bond motifs is 5. The second kappa shape index (κ2) is 12.5. The summed E-state index contributed by atoms with van der Waals surface area (Å²) in [7, 11) is 0. The Kier molecular flexibility index (Phi) is 6.22. The Hall–Kier alpha value is -6.90. The Bertz CT molecular complexity index is 3090. The molecule has 2 nitrogen and oxygen atoms in total. The van der Waals surface area contributed by atoms with E-state index in [1.807, 2.05) is 144 Å². The van der Waals surface area contributed by atoms with Crippen LogP contribution in [-0.4, -0.2) is 0 Å². The molecule has 0 aliphatic rings. The molecule has 0 saturated carbocycles. The number of furan rings is 1. The zero-order valence-corrected chi connectivity index (χ0v) is 28.1. The van der Waals surface area contributed by atoms with E-state index in [1.165, 1.54) is 0 Å². The Morgan fingerprint density at radius 3 is 1.69 bits per heavy atom. The van der Waals surface area contributed by atoms with Gasteiger partial charge in [-0.05, 0) is 92.0 Å². The summed E-state index contributed by atoms with van der Waals surface area (Å²) < 4.78 is 43.9. The maximum atomic E-state index is 9.51. The summed E-state index contributed by atoms with van der Waals surface area (Å²) in [5, 5.41) is 6.32. The van der Waals surface area contributed by atoms with Crippen LogP contribution in [0.1, 0.15) is 5.48 Å². The quantitative estimate of drug-likeness (QED) is 0.175. The van der Waals surface area contributed by atoms with Crippen LogP contribution >= 0.6 is 0 Å². The van der Waals surface area contributed by atoms with Crippen LogP contribution in [0.4, 0.5) is 17.1 Å². The molecule has 0 bridgehead atoms. The van der Waals surface area contributed by atoms with E-state index in [1.54, 1.807) is 0 Å². The molecule has 52 heavy (non-hydrogen) atoms. The zero-order chi connectivity index (χ0) is 37.9. The first kappa shape index (κ1) is 26.0. The Balaban J connectivity index is 1.11. The van der Waals surface area contributed by atoms with Crippen LogP contribution in [0.5, 0.6) is 0 Å². The second-order valence-electron chi connectivity index (χ2n) is 13.0. The first-order valence-corrected chi connectivity index (χ1v) is 17.4. The number of anilines is 3. The van der Waals surface area contributed by atoms with Gasteiger partial charge >= 0.3 is 0 Å². The van der Waals surface area contributed by atoms with E-state index in [0.29, 0.717) is 11.3 Å². The van der Waals surface area contributed by atoms with E-state index in [2.05, 4.69) is 36.4 Å². The lowest BCUT2D eigenvalue weighted by Gasteiger charge is -2.27. The van der Waals surface area contributed by atoms with Gasteiger partial charge in [0, 0.05) is 27.5 Å². The van der Waals surface area contributed by atoms with E-state index in [-0.39, 0.29) is 35.4 Å². The van der Waals surface area contributed by atoms with Crippen molar-refractivity contribution in [2.75, 3.05) is 4.90 Å². The van der Waals surface area contributed by atoms with Crippen LogP contribution in [0.3, 0.4) is 0 Å². The molecule has 0 amide bonds. The summed E-state index contributed by atoms with van der Waals surface area (Å²) in [4.78, 5) is 1.87. The first-order valence-electron chi connectivity index (χ1n) is 19.4. The van der Waals surface area contributed by atoms with Gasteiger partial charge in [0.1, 0.15) is 11.2 Å². The lowest BCUT2D eigenvalue weighted by molar-refractivity contribution is 0.669. The fourth-order valence-corrected chi connectivity index (χ4v) is 7.45. The number of nitrogens with zero attached hydrogens (tertiary/aromatic N) is 1. The molecular weight excluding hydrogens is 631 g/mol. The second-order valence-corrected chi connectivity index (χ2v) is 13.0. The summed E-state index contributed by atoms with van der Waals surface area (Å²) in [5.74, 6) is 0. The number of para-hydroxylation sites is 1. The minimum absolute atomic E-state index is 0.0979. The highest BCUT2D eigenvalue weighted by Crippen LogP contribution is 2.42. The number of hydrogen-bond donors (Lipinski definition) is 0. The third-order valence-electron chi connectivity index (χ3n) is 9.96. The highest BCUT2D eigenvalue weighted by Gasteiger charge is 2.17. The standard InChI is InChI=1S/C50H33NO/c1-3-14-42-36(10-1)12-7-17-43(42)38-24-22-34(23-25-38)35-26-30-40(31-27-35)51(47-19-8-13-37-11-2-4-15-44(37)47)41-32-28-39(29-33-41)45-18-9-21-49-50(45)46-16-5-6-20-48(46)52-49/h1-33H/i26D,27D,30D,31D. The molecule has 0 fully saturated rings. The minimum atomic E-state index is -0.120. The normalized spacial score (nSPS) is 12.5. The lowest BCUT2D eigenvalue weighted by Crippen LogP contribution is -2.10. The molecule has 0 atom stereocenters. The predicted octanol–water partition coefficient (Wildman–Crippen LogP) is 14.4. The molecule has 0 spiro atoms. The average molecular weight is 668 g/mol. The van der Waals surface area contributed by atoms with Crippen LogP contribution in [0, 0.1) is 0 Å². The van der Waals surface area contributed by atoms with E-state index < -0.39 is 0 Å². The van der Waals surface area contributed by atoms with Crippen LogP contribution < -0.4 is 4.90 Å². The number of hydrogen-bond acceptors (Lipinski definition) is 2. The van der Waals surface area contributed by atoms with Gasteiger partial charge in [0.2, 0.25) is 0 Å². The van der Waals surface area contributed by atoms with Gasteiger partial charge in [0.05, 0.1) is 11.2 Å². The van der Waals surface area contributed by atoms with Crippen molar-refractivity contribution in [1.29, 1.82) is 0 Å². The maximum absolute atomic E-state index is 9.51. The van der Waals surface area contributed by atoms with Gasteiger partial charge in [-0.2, -0.15) is 0 Å². The van der Waals surface area contributed by atoms with Gasteiger partial charge < -0.3 is 9.32 Å². The molecule has 1 heterocycles. The summed E-state index contributed by atoms with van der Waals surface area (Å²) in [6.45, 7) is 0. The molecule has 10 aromatic rings. The van der Waals surface area contributed by atoms with Crippen molar-refractivity contribution in [2.45, 2.75) is 0 Å². The van der Waals surface area contributed by atoms with Crippen molar-refractivity contribution in [3.8, 4) is 33.4 Å². The maximum Gasteiger partial charge on any atom is 0.136 e. The predicted molar refractivity (Wildman–Crippen MR) is 220 cm³/mol. The van der Waals surface area contributed by atoms with Gasteiger partial charge in [-0.3, -0.25) is 0 Å². The lowest BCUT2D eigenvalue weighted by atomic mass is 9.96. The molecular formula is C50H33NO. The average Bonchev–Trinajstić information content (AvgIpc) is 3.64. The van der Waals surface area contributed by atoms with E-state index in [0.717, 1.165) is 71.4 Å². The van der Waals surface area contributed by atoms with Crippen molar-refractivity contribution in [3.63, 3.8) is 0 Å². The van der Waals surface area contributed by atoms with Gasteiger partial charge in [-0.1, -0.05) is 158 Å². The molecule has 0 aliphatic carbocycles. The summed E-state index contributed by atoms with van der Waals surface area (Å²) in [5.41, 5.74) is 8.33. The van der Waals surface area contributed by atoms with Crippen molar-refractivity contribution in [3.05, 3.63) is 200 Å². The van der Waals surface area contributed by atoms with Crippen LogP contribution in [0.25, 0.3) is 76.9 Å². The molecule has 0 unspecified atom stereocenters. The fourth-order valence-electron chi connectivity index (χ4n) is 7.45. The molecule has 0 N–H and O–H groups in total. The molecule has 0 saturated heterocycles. The molecule has 1 aromatic heterocycles. The Morgan fingerprint density at radius 2 is 0.904 bits per heavy atom. The summed E-state index contributed by atoms with van der Waals surface area (Å²) in [6.07, 6.45) is 0. The van der Waals surface area contributed by atoms with Gasteiger partial charge in [0.25, 0.3) is 0 Å². The van der Waals surface area contributed by atoms with Crippen molar-refractivity contribution in [1.82, 2.24) is 0 Å². The van der Waals surface area contributed by atoms with Crippen LogP contribution in [0.15, 0.2) is 205 Å². The SMILES string of the molecule is [2H]c1c([2H])c(N(c2ccc(-c3cccc4oc5ccccc5c34)cc2)c2cccc3ccccc23)c([2H])c([2H])c1-c1ccc(-c2cccc3ccccc23)cc1.